The number of benzene rings is 1. The lowest BCUT2D eigenvalue weighted by molar-refractivity contribution is -0.128. The van der Waals surface area contributed by atoms with Crippen LogP contribution in [0.5, 0.6) is 0 Å². The lowest BCUT2D eigenvalue weighted by atomic mass is 10.1. The van der Waals surface area contributed by atoms with Gasteiger partial charge in [0.05, 0.1) is 6.04 Å². The monoisotopic (exact) mass is 245 g/mol. The van der Waals surface area contributed by atoms with E-state index in [0.29, 0.717) is 0 Å². The van der Waals surface area contributed by atoms with Crippen molar-refractivity contribution in [2.24, 2.45) is 5.73 Å². The first-order chi connectivity index (χ1) is 8.66. The lowest BCUT2D eigenvalue weighted by Gasteiger charge is -2.18. The molecule has 1 aliphatic heterocycles. The summed E-state index contributed by atoms with van der Waals surface area (Å²) in [5.41, 5.74) is 8.61. The topological polar surface area (TPSA) is 58.4 Å². The Balaban J connectivity index is 1.78. The molecule has 18 heavy (non-hydrogen) atoms. The highest BCUT2D eigenvalue weighted by Crippen LogP contribution is 2.37. The van der Waals surface area contributed by atoms with Gasteiger partial charge in [0.25, 0.3) is 0 Å². The third-order valence-corrected chi connectivity index (χ3v) is 4.09. The second kappa shape index (κ2) is 4.37. The molecule has 1 fully saturated rings. The van der Waals surface area contributed by atoms with E-state index in [-0.39, 0.29) is 24.0 Å². The van der Waals surface area contributed by atoms with Crippen LogP contribution in [0.1, 0.15) is 36.1 Å². The van der Waals surface area contributed by atoms with E-state index in [9.17, 15) is 4.79 Å². The maximum Gasteiger partial charge on any atom is 0.239 e. The Morgan fingerprint density at radius 3 is 2.67 bits per heavy atom. The van der Waals surface area contributed by atoms with E-state index in [1.165, 1.54) is 11.1 Å². The Labute approximate surface area is 107 Å². The van der Waals surface area contributed by atoms with Crippen molar-refractivity contribution in [1.29, 1.82) is 0 Å². The summed E-state index contributed by atoms with van der Waals surface area (Å²) in [6.45, 7) is 0.844. The first kappa shape index (κ1) is 11.7. The molecule has 1 aromatic carbocycles. The number of nitrogens with two attached hydrogens (primary N) is 1. The van der Waals surface area contributed by atoms with Crippen molar-refractivity contribution in [1.82, 2.24) is 10.2 Å². The largest absolute Gasteiger partial charge is 0.344 e. The third kappa shape index (κ3) is 1.82. The van der Waals surface area contributed by atoms with Crippen LogP contribution in [0.2, 0.25) is 0 Å². The zero-order chi connectivity index (χ0) is 12.7. The number of nitrogens with zero attached hydrogens (tertiary/aromatic N) is 1. The number of rotatable bonds is 2. The van der Waals surface area contributed by atoms with E-state index in [2.05, 4.69) is 17.4 Å². The van der Waals surface area contributed by atoms with Gasteiger partial charge in [0.1, 0.15) is 0 Å². The second-order valence-corrected chi connectivity index (χ2v) is 5.29. The number of hydrogen-bond acceptors (Lipinski definition) is 3. The molecule has 4 nitrogen and oxygen atoms in total. The molecule has 0 bridgehead atoms. The summed E-state index contributed by atoms with van der Waals surface area (Å²) in [6, 6.07) is 8.53. The van der Waals surface area contributed by atoms with Gasteiger partial charge in [-0.25, -0.2) is 0 Å². The van der Waals surface area contributed by atoms with Gasteiger partial charge in [-0.05, 0) is 24.0 Å². The van der Waals surface area contributed by atoms with Gasteiger partial charge in [-0.15, -0.1) is 0 Å². The SMILES string of the molecule is CN1CCC(NC2CC(N)c3ccccc32)C1=O. The van der Waals surface area contributed by atoms with Crippen LogP contribution in [0.3, 0.4) is 0 Å². The zero-order valence-electron chi connectivity index (χ0n) is 10.6. The summed E-state index contributed by atoms with van der Waals surface area (Å²) >= 11 is 0. The number of hydrogen-bond donors (Lipinski definition) is 2. The predicted octanol–water partition coefficient (Wildman–Crippen LogP) is 0.951. The Morgan fingerprint density at radius 1 is 1.28 bits per heavy atom. The molecule has 0 radical (unpaired) electrons. The standard InChI is InChI=1S/C14H19N3O/c1-17-7-6-12(14(17)18)16-13-8-11(15)9-4-2-3-5-10(9)13/h2-5,11-13,16H,6-8,15H2,1H3. The smallest absolute Gasteiger partial charge is 0.239 e. The molecule has 0 aromatic heterocycles. The van der Waals surface area contributed by atoms with Crippen molar-refractivity contribution in [3.05, 3.63) is 35.4 Å². The summed E-state index contributed by atoms with van der Waals surface area (Å²) in [6.07, 6.45) is 1.77. The Morgan fingerprint density at radius 2 is 2.00 bits per heavy atom. The van der Waals surface area contributed by atoms with E-state index in [4.69, 9.17) is 5.73 Å². The lowest BCUT2D eigenvalue weighted by Crippen LogP contribution is -2.38. The van der Waals surface area contributed by atoms with Crippen LogP contribution in [0.25, 0.3) is 0 Å². The van der Waals surface area contributed by atoms with Crippen LogP contribution in [0.15, 0.2) is 24.3 Å². The molecule has 4 heteroatoms. The highest BCUT2D eigenvalue weighted by Gasteiger charge is 2.35. The fourth-order valence-electron chi connectivity index (χ4n) is 3.05. The summed E-state index contributed by atoms with van der Waals surface area (Å²) in [5.74, 6) is 0.202. The fourth-order valence-corrected chi connectivity index (χ4v) is 3.05. The van der Waals surface area contributed by atoms with Crippen LogP contribution in [-0.2, 0) is 4.79 Å². The number of carbonyl (C=O) groups excluding carboxylic acids is 1. The second-order valence-electron chi connectivity index (χ2n) is 5.29. The van der Waals surface area contributed by atoms with Gasteiger partial charge < -0.3 is 10.6 Å². The minimum atomic E-state index is -0.0432. The summed E-state index contributed by atoms with van der Waals surface area (Å²) in [4.78, 5) is 13.7. The number of likely N-dealkylation sites (N-methyl/N-ethyl adjacent to an activating group) is 1. The summed E-state index contributed by atoms with van der Waals surface area (Å²) in [5, 5.41) is 3.47. The third-order valence-electron chi connectivity index (χ3n) is 4.09. The van der Waals surface area contributed by atoms with Crippen molar-refractivity contribution >= 4 is 5.91 Å². The van der Waals surface area contributed by atoms with Crippen molar-refractivity contribution in [2.75, 3.05) is 13.6 Å². The van der Waals surface area contributed by atoms with Crippen molar-refractivity contribution in [3.63, 3.8) is 0 Å². The van der Waals surface area contributed by atoms with Gasteiger partial charge >= 0.3 is 0 Å². The Hall–Kier alpha value is -1.39. The maximum absolute atomic E-state index is 11.9. The van der Waals surface area contributed by atoms with E-state index in [0.717, 1.165) is 19.4 Å². The summed E-state index contributed by atoms with van der Waals surface area (Å²) in [7, 11) is 1.86. The molecule has 1 heterocycles. The van der Waals surface area contributed by atoms with E-state index < -0.39 is 0 Å². The molecule has 2 aliphatic rings. The molecular formula is C14H19N3O. The molecule has 96 valence electrons. The Kier molecular flexibility index (Phi) is 2.84. The van der Waals surface area contributed by atoms with Crippen LogP contribution in [0.4, 0.5) is 0 Å². The van der Waals surface area contributed by atoms with Gasteiger partial charge in [0.15, 0.2) is 0 Å². The molecule has 3 atom stereocenters. The maximum atomic E-state index is 11.9. The molecular weight excluding hydrogens is 226 g/mol. The molecule has 3 unspecified atom stereocenters. The molecule has 0 saturated carbocycles. The number of carbonyl (C=O) groups is 1. The molecule has 1 aromatic rings. The van der Waals surface area contributed by atoms with Gasteiger partial charge in [0.2, 0.25) is 5.91 Å². The van der Waals surface area contributed by atoms with E-state index in [1.807, 2.05) is 19.2 Å². The van der Waals surface area contributed by atoms with E-state index >= 15 is 0 Å². The number of likely N-dealkylation sites (tertiary alicyclic amines) is 1. The fraction of sp³-hybridized carbons (Fsp3) is 0.500. The average molecular weight is 245 g/mol. The van der Waals surface area contributed by atoms with Crippen LogP contribution < -0.4 is 11.1 Å². The van der Waals surface area contributed by atoms with Crippen molar-refractivity contribution in [3.8, 4) is 0 Å². The minimum Gasteiger partial charge on any atom is -0.344 e. The first-order valence-electron chi connectivity index (χ1n) is 6.52. The quantitative estimate of drug-likeness (QED) is 0.815. The number of fused-ring (bicyclic) bond motifs is 1. The Bertz CT molecular complexity index is 474. The molecule has 1 aliphatic carbocycles. The first-order valence-corrected chi connectivity index (χ1v) is 6.52. The van der Waals surface area contributed by atoms with E-state index in [1.54, 1.807) is 4.90 Å². The number of amides is 1. The highest BCUT2D eigenvalue weighted by molar-refractivity contribution is 5.83. The van der Waals surface area contributed by atoms with Crippen LogP contribution in [0, 0.1) is 0 Å². The normalized spacial score (nSPS) is 30.9. The molecule has 3 N–H and O–H groups in total. The predicted molar refractivity (Wildman–Crippen MR) is 69.9 cm³/mol. The molecule has 1 saturated heterocycles. The van der Waals surface area contributed by atoms with Gasteiger partial charge in [-0.3, -0.25) is 10.1 Å². The van der Waals surface area contributed by atoms with Gasteiger partial charge in [-0.1, -0.05) is 24.3 Å². The van der Waals surface area contributed by atoms with Crippen LogP contribution in [-0.4, -0.2) is 30.4 Å². The minimum absolute atomic E-state index is 0.0432. The molecule has 0 spiro atoms. The average Bonchev–Trinajstić information content (AvgIpc) is 2.86. The molecule has 3 rings (SSSR count). The molecule has 1 amide bonds. The summed E-state index contributed by atoms with van der Waals surface area (Å²) < 4.78 is 0. The van der Waals surface area contributed by atoms with Crippen molar-refractivity contribution in [2.45, 2.75) is 31.0 Å². The number of nitrogens with one attached hydrogen (secondary N) is 1. The van der Waals surface area contributed by atoms with Crippen molar-refractivity contribution < 1.29 is 4.79 Å². The van der Waals surface area contributed by atoms with Gasteiger partial charge in [-0.2, -0.15) is 0 Å². The zero-order valence-corrected chi connectivity index (χ0v) is 10.6. The highest BCUT2D eigenvalue weighted by atomic mass is 16.2. The van der Waals surface area contributed by atoms with Gasteiger partial charge in [0, 0.05) is 25.7 Å². The van der Waals surface area contributed by atoms with Crippen LogP contribution >= 0.6 is 0 Å².